The first-order chi connectivity index (χ1) is 6.25. The molecule has 0 saturated heterocycles. The third-order valence-corrected chi connectivity index (χ3v) is 1.90. The van der Waals surface area contributed by atoms with E-state index < -0.39 is 0 Å². The van der Waals surface area contributed by atoms with Crippen molar-refractivity contribution < 1.29 is 4.52 Å². The third kappa shape index (κ3) is 1.75. The Morgan fingerprint density at radius 3 is 2.77 bits per heavy atom. The van der Waals surface area contributed by atoms with Gasteiger partial charge in [0.25, 0.3) is 5.89 Å². The molecule has 66 valence electrons. The second kappa shape index (κ2) is 3.26. The molecule has 0 aromatic carbocycles. The molecule has 0 amide bonds. The van der Waals surface area contributed by atoms with Gasteiger partial charge in [-0.1, -0.05) is 11.2 Å². The summed E-state index contributed by atoms with van der Waals surface area (Å²) in [4.78, 5) is 8.24. The lowest BCUT2D eigenvalue weighted by atomic mass is 10.3. The smallest absolute Gasteiger partial charge is 0.276 e. The van der Waals surface area contributed by atoms with Gasteiger partial charge in [-0.2, -0.15) is 4.98 Å². The van der Waals surface area contributed by atoms with E-state index in [4.69, 9.17) is 4.52 Å². The minimum Gasteiger partial charge on any atom is -0.332 e. The summed E-state index contributed by atoms with van der Waals surface area (Å²) < 4.78 is 5.71. The van der Waals surface area contributed by atoms with Gasteiger partial charge in [-0.3, -0.25) is 0 Å². The highest BCUT2D eigenvalue weighted by Gasteiger charge is 2.06. The van der Waals surface area contributed by atoms with Crippen LogP contribution in [0, 0.1) is 6.92 Å². The van der Waals surface area contributed by atoms with Crippen LogP contribution < -0.4 is 0 Å². The topological polar surface area (TPSA) is 51.8 Å². The molecule has 5 heteroatoms. The van der Waals surface area contributed by atoms with Gasteiger partial charge in [0.05, 0.1) is 0 Å². The van der Waals surface area contributed by atoms with Crippen molar-refractivity contribution >= 4 is 15.9 Å². The molecular weight excluding hydrogens is 234 g/mol. The molecule has 0 aliphatic carbocycles. The van der Waals surface area contributed by atoms with E-state index in [0.717, 1.165) is 4.60 Å². The van der Waals surface area contributed by atoms with E-state index in [1.807, 2.05) is 18.2 Å². The number of aromatic nitrogens is 3. The Labute approximate surface area is 83.1 Å². The van der Waals surface area contributed by atoms with Crippen molar-refractivity contribution in [3.8, 4) is 11.6 Å². The molecule has 2 aromatic rings. The summed E-state index contributed by atoms with van der Waals surface area (Å²) in [6, 6.07) is 5.52. The van der Waals surface area contributed by atoms with Crippen molar-refractivity contribution in [2.45, 2.75) is 6.92 Å². The number of nitrogens with zero attached hydrogens (tertiary/aromatic N) is 3. The van der Waals surface area contributed by atoms with Gasteiger partial charge >= 0.3 is 0 Å². The maximum absolute atomic E-state index is 4.96. The van der Waals surface area contributed by atoms with E-state index in [1.165, 1.54) is 0 Å². The number of pyridine rings is 1. The van der Waals surface area contributed by atoms with Crippen LogP contribution in [-0.2, 0) is 0 Å². The maximum atomic E-state index is 4.96. The minimum atomic E-state index is 0.443. The van der Waals surface area contributed by atoms with Gasteiger partial charge in [-0.15, -0.1) is 0 Å². The third-order valence-electron chi connectivity index (χ3n) is 1.46. The van der Waals surface area contributed by atoms with Gasteiger partial charge in [-0.05, 0) is 35.0 Å². The molecule has 0 radical (unpaired) electrons. The van der Waals surface area contributed by atoms with Crippen molar-refractivity contribution in [1.82, 2.24) is 15.1 Å². The quantitative estimate of drug-likeness (QED) is 0.717. The predicted octanol–water partition coefficient (Wildman–Crippen LogP) is 2.20. The fraction of sp³-hybridized carbons (Fsp3) is 0.125. The monoisotopic (exact) mass is 239 g/mol. The van der Waals surface area contributed by atoms with E-state index in [9.17, 15) is 0 Å². The average molecular weight is 240 g/mol. The molecule has 2 aromatic heterocycles. The Bertz CT molecular complexity index is 427. The molecule has 4 nitrogen and oxygen atoms in total. The van der Waals surface area contributed by atoms with Gasteiger partial charge in [0.1, 0.15) is 10.3 Å². The van der Waals surface area contributed by atoms with Crippen molar-refractivity contribution in [2.24, 2.45) is 0 Å². The molecule has 2 rings (SSSR count). The summed E-state index contributed by atoms with van der Waals surface area (Å²) >= 11 is 3.27. The van der Waals surface area contributed by atoms with Crippen LogP contribution in [0.4, 0.5) is 0 Å². The first kappa shape index (κ1) is 8.37. The van der Waals surface area contributed by atoms with Crippen LogP contribution in [0.15, 0.2) is 27.3 Å². The fourth-order valence-corrected chi connectivity index (χ4v) is 1.27. The van der Waals surface area contributed by atoms with Gasteiger partial charge in [0.15, 0.2) is 5.82 Å². The van der Waals surface area contributed by atoms with Gasteiger partial charge in [0.2, 0.25) is 0 Å². The zero-order chi connectivity index (χ0) is 9.26. The van der Waals surface area contributed by atoms with Crippen LogP contribution in [0.25, 0.3) is 11.6 Å². The van der Waals surface area contributed by atoms with Crippen molar-refractivity contribution in [1.29, 1.82) is 0 Å². The van der Waals surface area contributed by atoms with Crippen molar-refractivity contribution in [2.75, 3.05) is 0 Å². The Kier molecular flexibility index (Phi) is 2.10. The second-order valence-electron chi connectivity index (χ2n) is 2.49. The van der Waals surface area contributed by atoms with Crippen LogP contribution in [0.3, 0.4) is 0 Å². The molecule has 0 unspecified atom stereocenters. The highest BCUT2D eigenvalue weighted by molar-refractivity contribution is 9.10. The molecule has 2 heterocycles. The Morgan fingerprint density at radius 2 is 2.15 bits per heavy atom. The van der Waals surface area contributed by atoms with Crippen LogP contribution in [0.2, 0.25) is 0 Å². The Balaban J connectivity index is 2.46. The van der Waals surface area contributed by atoms with Crippen molar-refractivity contribution in [3.05, 3.63) is 28.6 Å². The van der Waals surface area contributed by atoms with E-state index in [1.54, 1.807) is 6.92 Å². The molecule has 0 saturated carbocycles. The van der Waals surface area contributed by atoms with E-state index in [-0.39, 0.29) is 0 Å². The summed E-state index contributed by atoms with van der Waals surface area (Å²) in [5.74, 6) is 1.05. The average Bonchev–Trinajstić information content (AvgIpc) is 2.52. The molecule has 0 atom stereocenters. The zero-order valence-corrected chi connectivity index (χ0v) is 8.45. The number of hydrogen-bond acceptors (Lipinski definition) is 4. The van der Waals surface area contributed by atoms with E-state index in [2.05, 4.69) is 31.1 Å². The summed E-state index contributed by atoms with van der Waals surface area (Å²) in [5.41, 5.74) is 0.676. The minimum absolute atomic E-state index is 0.443. The molecule has 0 N–H and O–H groups in total. The largest absolute Gasteiger partial charge is 0.332 e. The summed E-state index contributed by atoms with van der Waals surface area (Å²) in [6.07, 6.45) is 0. The maximum Gasteiger partial charge on any atom is 0.276 e. The zero-order valence-electron chi connectivity index (χ0n) is 6.86. The van der Waals surface area contributed by atoms with Gasteiger partial charge in [-0.25, -0.2) is 4.98 Å². The Hall–Kier alpha value is -1.23. The molecule has 0 bridgehead atoms. The van der Waals surface area contributed by atoms with Crippen LogP contribution in [-0.4, -0.2) is 15.1 Å². The first-order valence-corrected chi connectivity index (χ1v) is 4.48. The van der Waals surface area contributed by atoms with Crippen molar-refractivity contribution in [3.63, 3.8) is 0 Å². The molecule has 0 aliphatic heterocycles. The van der Waals surface area contributed by atoms with Crippen LogP contribution in [0.5, 0.6) is 0 Å². The van der Waals surface area contributed by atoms with E-state index in [0.29, 0.717) is 17.4 Å². The molecular formula is C8H6BrN3O. The highest BCUT2D eigenvalue weighted by atomic mass is 79.9. The first-order valence-electron chi connectivity index (χ1n) is 3.69. The fourth-order valence-electron chi connectivity index (χ4n) is 0.928. The lowest BCUT2D eigenvalue weighted by Gasteiger charge is -1.92. The predicted molar refractivity (Wildman–Crippen MR) is 50.0 cm³/mol. The lowest BCUT2D eigenvalue weighted by molar-refractivity contribution is 0.424. The molecule has 13 heavy (non-hydrogen) atoms. The molecule has 0 spiro atoms. The van der Waals surface area contributed by atoms with Gasteiger partial charge < -0.3 is 4.52 Å². The van der Waals surface area contributed by atoms with E-state index >= 15 is 0 Å². The molecule has 0 aliphatic rings. The number of halogens is 1. The SMILES string of the molecule is Cc1noc(-c2cccc(Br)n2)n1. The van der Waals surface area contributed by atoms with Crippen LogP contribution >= 0.6 is 15.9 Å². The summed E-state index contributed by atoms with van der Waals surface area (Å²) in [5, 5.41) is 3.68. The number of aryl methyl sites for hydroxylation is 1. The Morgan fingerprint density at radius 1 is 1.31 bits per heavy atom. The summed E-state index contributed by atoms with van der Waals surface area (Å²) in [7, 11) is 0. The highest BCUT2D eigenvalue weighted by Crippen LogP contribution is 2.16. The molecule has 0 fully saturated rings. The second-order valence-corrected chi connectivity index (χ2v) is 3.30. The lowest BCUT2D eigenvalue weighted by Crippen LogP contribution is -1.83. The normalized spacial score (nSPS) is 10.3. The summed E-state index contributed by atoms with van der Waals surface area (Å²) in [6.45, 7) is 1.77. The number of rotatable bonds is 1. The van der Waals surface area contributed by atoms with Crippen LogP contribution in [0.1, 0.15) is 5.82 Å². The van der Waals surface area contributed by atoms with Gasteiger partial charge in [0, 0.05) is 0 Å². The number of hydrogen-bond donors (Lipinski definition) is 0. The standard InChI is InChI=1S/C8H6BrN3O/c1-5-10-8(13-12-5)6-3-2-4-7(9)11-6/h2-4H,1H3.